The van der Waals surface area contributed by atoms with E-state index >= 15 is 0 Å². The molecule has 0 saturated heterocycles. The van der Waals surface area contributed by atoms with Gasteiger partial charge in [-0.25, -0.2) is 4.98 Å². The van der Waals surface area contributed by atoms with E-state index in [1.807, 2.05) is 6.92 Å². The van der Waals surface area contributed by atoms with E-state index in [-0.39, 0.29) is 5.28 Å². The molecule has 0 bridgehead atoms. The molecule has 1 aromatic rings. The standard InChI is InChI=1S/C12H19ClN4/c1-3-17(9-6-4-5-7-9)11-10(14)8(2)15-12(13)16-11/h9H,3-7,14H2,1-2H3. The molecular weight excluding hydrogens is 236 g/mol. The number of nitrogens with two attached hydrogens (primary N) is 1. The summed E-state index contributed by atoms with van der Waals surface area (Å²) in [7, 11) is 0. The van der Waals surface area contributed by atoms with Gasteiger partial charge in [-0.2, -0.15) is 4.98 Å². The third-order valence-corrected chi connectivity index (χ3v) is 3.64. The minimum absolute atomic E-state index is 0.281. The fourth-order valence-corrected chi connectivity index (χ4v) is 2.76. The molecule has 0 spiro atoms. The van der Waals surface area contributed by atoms with Crippen LogP contribution in [0, 0.1) is 6.92 Å². The molecule has 1 aliphatic rings. The molecule has 1 aliphatic carbocycles. The molecule has 0 atom stereocenters. The van der Waals surface area contributed by atoms with Crippen LogP contribution in [0.2, 0.25) is 5.28 Å². The van der Waals surface area contributed by atoms with E-state index in [1.54, 1.807) is 0 Å². The highest BCUT2D eigenvalue weighted by Gasteiger charge is 2.25. The Morgan fingerprint density at radius 3 is 2.59 bits per heavy atom. The average Bonchev–Trinajstić information content (AvgIpc) is 2.79. The topological polar surface area (TPSA) is 55.0 Å². The Balaban J connectivity index is 2.35. The third kappa shape index (κ3) is 2.46. The fraction of sp³-hybridized carbons (Fsp3) is 0.667. The molecule has 2 rings (SSSR count). The van der Waals surface area contributed by atoms with Gasteiger partial charge in [-0.05, 0) is 38.3 Å². The maximum Gasteiger partial charge on any atom is 0.224 e. The van der Waals surface area contributed by atoms with Crippen molar-refractivity contribution in [3.8, 4) is 0 Å². The van der Waals surface area contributed by atoms with Gasteiger partial charge < -0.3 is 10.6 Å². The highest BCUT2D eigenvalue weighted by Crippen LogP contribution is 2.31. The smallest absolute Gasteiger partial charge is 0.224 e. The van der Waals surface area contributed by atoms with E-state index in [4.69, 9.17) is 17.3 Å². The van der Waals surface area contributed by atoms with Gasteiger partial charge in [0.25, 0.3) is 0 Å². The molecule has 1 saturated carbocycles. The average molecular weight is 255 g/mol. The van der Waals surface area contributed by atoms with Gasteiger partial charge in [0.1, 0.15) is 0 Å². The van der Waals surface area contributed by atoms with Crippen molar-refractivity contribution in [2.24, 2.45) is 0 Å². The van der Waals surface area contributed by atoms with Crippen LogP contribution in [0.3, 0.4) is 0 Å². The van der Waals surface area contributed by atoms with Crippen molar-refractivity contribution in [2.75, 3.05) is 17.2 Å². The van der Waals surface area contributed by atoms with Crippen LogP contribution in [-0.4, -0.2) is 22.6 Å². The quantitative estimate of drug-likeness (QED) is 0.843. The Kier molecular flexibility index (Phi) is 3.72. The summed E-state index contributed by atoms with van der Waals surface area (Å²) in [5, 5.41) is 0.281. The van der Waals surface area contributed by atoms with Crippen LogP contribution in [-0.2, 0) is 0 Å². The molecule has 1 fully saturated rings. The second kappa shape index (κ2) is 5.08. The third-order valence-electron chi connectivity index (χ3n) is 3.47. The maximum atomic E-state index is 6.07. The zero-order chi connectivity index (χ0) is 12.4. The van der Waals surface area contributed by atoms with Crippen molar-refractivity contribution in [1.29, 1.82) is 0 Å². The molecule has 17 heavy (non-hydrogen) atoms. The molecule has 2 N–H and O–H groups in total. The van der Waals surface area contributed by atoms with Gasteiger partial charge in [-0.15, -0.1) is 0 Å². The number of hydrogen-bond donors (Lipinski definition) is 1. The van der Waals surface area contributed by atoms with Crippen LogP contribution in [0.1, 0.15) is 38.3 Å². The summed E-state index contributed by atoms with van der Waals surface area (Å²) in [6, 6.07) is 0.549. The van der Waals surface area contributed by atoms with E-state index in [2.05, 4.69) is 21.8 Å². The normalized spacial score (nSPS) is 16.4. The number of aromatic nitrogens is 2. The summed E-state index contributed by atoms with van der Waals surface area (Å²) in [6.07, 6.45) is 5.01. The van der Waals surface area contributed by atoms with E-state index < -0.39 is 0 Å². The number of nitrogen functional groups attached to an aromatic ring is 1. The largest absolute Gasteiger partial charge is 0.394 e. The molecular formula is C12H19ClN4. The van der Waals surface area contributed by atoms with Crippen molar-refractivity contribution < 1.29 is 0 Å². The first-order chi connectivity index (χ1) is 8.13. The maximum absolute atomic E-state index is 6.07. The lowest BCUT2D eigenvalue weighted by molar-refractivity contribution is 0.613. The van der Waals surface area contributed by atoms with Crippen LogP contribution in [0.4, 0.5) is 11.5 Å². The lowest BCUT2D eigenvalue weighted by Gasteiger charge is -2.30. The number of aryl methyl sites for hydroxylation is 1. The predicted octanol–water partition coefficient (Wildman–Crippen LogP) is 2.79. The van der Waals surface area contributed by atoms with Gasteiger partial charge in [0.15, 0.2) is 5.82 Å². The molecule has 1 heterocycles. The van der Waals surface area contributed by atoms with E-state index in [1.165, 1.54) is 25.7 Å². The van der Waals surface area contributed by atoms with Gasteiger partial charge in [0, 0.05) is 12.6 Å². The van der Waals surface area contributed by atoms with Crippen LogP contribution in [0.25, 0.3) is 0 Å². The number of rotatable bonds is 3. The second-order valence-electron chi connectivity index (χ2n) is 4.54. The minimum atomic E-state index is 0.281. The van der Waals surface area contributed by atoms with Crippen LogP contribution < -0.4 is 10.6 Å². The summed E-state index contributed by atoms with van der Waals surface area (Å²) in [5.74, 6) is 0.803. The number of anilines is 2. The lowest BCUT2D eigenvalue weighted by Crippen LogP contribution is -2.34. The highest BCUT2D eigenvalue weighted by atomic mass is 35.5. The van der Waals surface area contributed by atoms with Crippen molar-refractivity contribution >= 4 is 23.1 Å². The second-order valence-corrected chi connectivity index (χ2v) is 4.88. The molecule has 4 nitrogen and oxygen atoms in total. The Morgan fingerprint density at radius 2 is 2.00 bits per heavy atom. The van der Waals surface area contributed by atoms with Gasteiger partial charge in [-0.3, -0.25) is 0 Å². The SMILES string of the molecule is CCN(c1nc(Cl)nc(C)c1N)C1CCCC1. The Hall–Kier alpha value is -1.03. The Bertz CT molecular complexity index is 402. The minimum Gasteiger partial charge on any atom is -0.394 e. The molecule has 5 heteroatoms. The summed E-state index contributed by atoms with van der Waals surface area (Å²) in [6.45, 7) is 4.90. The molecule has 0 radical (unpaired) electrons. The summed E-state index contributed by atoms with van der Waals surface area (Å²) < 4.78 is 0. The first kappa shape index (κ1) is 12.4. The zero-order valence-corrected chi connectivity index (χ0v) is 11.2. The van der Waals surface area contributed by atoms with Crippen molar-refractivity contribution in [2.45, 2.75) is 45.6 Å². The summed E-state index contributed by atoms with van der Waals surface area (Å²) in [4.78, 5) is 10.7. The van der Waals surface area contributed by atoms with E-state index in [0.717, 1.165) is 18.1 Å². The molecule has 0 amide bonds. The van der Waals surface area contributed by atoms with Gasteiger partial charge >= 0.3 is 0 Å². The van der Waals surface area contributed by atoms with Crippen molar-refractivity contribution in [1.82, 2.24) is 9.97 Å². The first-order valence-corrected chi connectivity index (χ1v) is 6.57. The zero-order valence-electron chi connectivity index (χ0n) is 10.4. The van der Waals surface area contributed by atoms with Gasteiger partial charge in [0.05, 0.1) is 11.4 Å². The first-order valence-electron chi connectivity index (χ1n) is 6.19. The molecule has 94 valence electrons. The fourth-order valence-electron chi connectivity index (χ4n) is 2.55. The number of nitrogens with zero attached hydrogens (tertiary/aromatic N) is 3. The van der Waals surface area contributed by atoms with Gasteiger partial charge in [0.2, 0.25) is 5.28 Å². The van der Waals surface area contributed by atoms with Crippen LogP contribution in [0.5, 0.6) is 0 Å². The number of hydrogen-bond acceptors (Lipinski definition) is 4. The lowest BCUT2D eigenvalue weighted by atomic mass is 10.2. The van der Waals surface area contributed by atoms with Crippen molar-refractivity contribution in [3.05, 3.63) is 11.0 Å². The Labute approximate surface area is 107 Å². The molecule has 1 aromatic heterocycles. The van der Waals surface area contributed by atoms with Crippen molar-refractivity contribution in [3.63, 3.8) is 0 Å². The number of halogens is 1. The highest BCUT2D eigenvalue weighted by molar-refractivity contribution is 6.28. The van der Waals surface area contributed by atoms with E-state index in [0.29, 0.717) is 11.7 Å². The monoisotopic (exact) mass is 254 g/mol. The molecule has 0 aliphatic heterocycles. The molecule has 0 unspecified atom stereocenters. The summed E-state index contributed by atoms with van der Waals surface area (Å²) >= 11 is 5.93. The summed E-state index contributed by atoms with van der Waals surface area (Å²) in [5.41, 5.74) is 7.49. The van der Waals surface area contributed by atoms with Gasteiger partial charge in [-0.1, -0.05) is 12.8 Å². The van der Waals surface area contributed by atoms with Crippen LogP contribution in [0.15, 0.2) is 0 Å². The molecule has 0 aromatic carbocycles. The van der Waals surface area contributed by atoms with Crippen LogP contribution >= 0.6 is 11.6 Å². The van der Waals surface area contributed by atoms with E-state index in [9.17, 15) is 0 Å². The predicted molar refractivity (Wildman–Crippen MR) is 71.5 cm³/mol. The Morgan fingerprint density at radius 1 is 1.35 bits per heavy atom.